The predicted octanol–water partition coefficient (Wildman–Crippen LogP) is 2.66. The Morgan fingerprint density at radius 1 is 1.16 bits per heavy atom. The highest BCUT2D eigenvalue weighted by molar-refractivity contribution is 9.10. The smallest absolute Gasteiger partial charge is 0.247 e. The Bertz CT molecular complexity index is 699. The Morgan fingerprint density at radius 3 is 2.37 bits per heavy atom. The number of sulfonamides is 1. The molecule has 0 saturated heterocycles. The van der Waals surface area contributed by atoms with Crippen molar-refractivity contribution in [1.29, 1.82) is 0 Å². The molecule has 5 nitrogen and oxygen atoms in total. The van der Waals surface area contributed by atoms with Crippen LogP contribution in [0.2, 0.25) is 0 Å². The SMILES string of the molecule is Cc1ccc(S(=O)(=O)Nc2ncc(Br)cn2)c(C)c1. The number of hydrogen-bond acceptors (Lipinski definition) is 4. The topological polar surface area (TPSA) is 72.0 Å². The zero-order chi connectivity index (χ0) is 14.0. The van der Waals surface area contributed by atoms with E-state index in [2.05, 4.69) is 30.6 Å². The molecule has 1 aromatic carbocycles. The molecule has 100 valence electrons. The van der Waals surface area contributed by atoms with E-state index in [0.29, 0.717) is 10.0 Å². The largest absolute Gasteiger partial charge is 0.264 e. The van der Waals surface area contributed by atoms with Crippen LogP contribution in [-0.2, 0) is 10.0 Å². The van der Waals surface area contributed by atoms with E-state index in [9.17, 15) is 8.42 Å². The van der Waals surface area contributed by atoms with Crippen LogP contribution in [0.5, 0.6) is 0 Å². The van der Waals surface area contributed by atoms with Crippen LogP contribution in [0.15, 0.2) is 40.0 Å². The summed E-state index contributed by atoms with van der Waals surface area (Å²) in [5.74, 6) is 0.0446. The molecule has 0 amide bonds. The average molecular weight is 342 g/mol. The molecule has 7 heteroatoms. The van der Waals surface area contributed by atoms with E-state index in [1.54, 1.807) is 19.1 Å². The lowest BCUT2D eigenvalue weighted by molar-refractivity contribution is 0.600. The van der Waals surface area contributed by atoms with Crippen molar-refractivity contribution in [1.82, 2.24) is 9.97 Å². The summed E-state index contributed by atoms with van der Waals surface area (Å²) in [6.07, 6.45) is 2.96. The van der Waals surface area contributed by atoms with E-state index in [4.69, 9.17) is 0 Å². The van der Waals surface area contributed by atoms with Crippen molar-refractivity contribution in [3.05, 3.63) is 46.2 Å². The maximum Gasteiger partial charge on any atom is 0.264 e. The molecule has 0 aliphatic carbocycles. The normalized spacial score (nSPS) is 11.3. The molecule has 0 radical (unpaired) electrons. The van der Waals surface area contributed by atoms with Crippen LogP contribution < -0.4 is 4.72 Å². The van der Waals surface area contributed by atoms with Crippen LogP contribution in [0.25, 0.3) is 0 Å². The second kappa shape index (κ2) is 5.26. The van der Waals surface area contributed by atoms with Gasteiger partial charge in [-0.3, -0.25) is 0 Å². The van der Waals surface area contributed by atoms with Crippen LogP contribution in [0.1, 0.15) is 11.1 Å². The summed E-state index contributed by atoms with van der Waals surface area (Å²) in [5, 5.41) is 0. The fraction of sp³-hybridized carbons (Fsp3) is 0.167. The van der Waals surface area contributed by atoms with Crippen molar-refractivity contribution in [3.63, 3.8) is 0 Å². The first kappa shape index (κ1) is 14.0. The molecule has 2 aromatic rings. The van der Waals surface area contributed by atoms with Crippen molar-refractivity contribution < 1.29 is 8.42 Å². The van der Waals surface area contributed by atoms with Gasteiger partial charge in [-0.05, 0) is 41.4 Å². The van der Waals surface area contributed by atoms with E-state index in [1.807, 2.05) is 13.0 Å². The quantitative estimate of drug-likeness (QED) is 0.931. The Labute approximate surface area is 120 Å². The molecule has 0 spiro atoms. The molecule has 2 rings (SSSR count). The summed E-state index contributed by atoms with van der Waals surface area (Å²) in [5.41, 5.74) is 1.70. The monoisotopic (exact) mass is 341 g/mol. The van der Waals surface area contributed by atoms with Crippen molar-refractivity contribution in [2.45, 2.75) is 18.7 Å². The van der Waals surface area contributed by atoms with Crippen LogP contribution in [-0.4, -0.2) is 18.4 Å². The lowest BCUT2D eigenvalue weighted by atomic mass is 10.2. The molecule has 0 bridgehead atoms. The van der Waals surface area contributed by atoms with Gasteiger partial charge >= 0.3 is 0 Å². The number of nitrogens with zero attached hydrogens (tertiary/aromatic N) is 2. The average Bonchev–Trinajstić information content (AvgIpc) is 2.31. The summed E-state index contributed by atoms with van der Waals surface area (Å²) in [4.78, 5) is 8.00. The second-order valence-corrected chi connectivity index (χ2v) is 6.67. The third-order valence-corrected chi connectivity index (χ3v) is 4.36. The molecule has 1 aromatic heterocycles. The van der Waals surface area contributed by atoms with Gasteiger partial charge in [0.25, 0.3) is 10.0 Å². The van der Waals surface area contributed by atoms with E-state index < -0.39 is 10.0 Å². The lowest BCUT2D eigenvalue weighted by Gasteiger charge is -2.09. The van der Waals surface area contributed by atoms with Gasteiger partial charge in [0.2, 0.25) is 5.95 Å². The lowest BCUT2D eigenvalue weighted by Crippen LogP contribution is -2.16. The third kappa shape index (κ3) is 3.30. The van der Waals surface area contributed by atoms with Gasteiger partial charge in [0.15, 0.2) is 0 Å². The van der Waals surface area contributed by atoms with E-state index >= 15 is 0 Å². The minimum atomic E-state index is -3.66. The van der Waals surface area contributed by atoms with Gasteiger partial charge < -0.3 is 0 Å². The zero-order valence-corrected chi connectivity index (χ0v) is 12.8. The summed E-state index contributed by atoms with van der Waals surface area (Å²) < 4.78 is 27.5. The Morgan fingerprint density at radius 2 is 1.79 bits per heavy atom. The first-order chi connectivity index (χ1) is 8.88. The molecule has 0 unspecified atom stereocenters. The molecular formula is C12H12BrN3O2S. The van der Waals surface area contributed by atoms with Gasteiger partial charge in [0.05, 0.1) is 9.37 Å². The molecule has 0 saturated carbocycles. The molecule has 0 fully saturated rings. The maximum absolute atomic E-state index is 12.2. The molecule has 0 aliphatic rings. The molecule has 0 aliphatic heterocycles. The number of benzene rings is 1. The van der Waals surface area contributed by atoms with E-state index in [1.165, 1.54) is 12.4 Å². The van der Waals surface area contributed by atoms with Crippen LogP contribution in [0.4, 0.5) is 5.95 Å². The predicted molar refractivity (Wildman–Crippen MR) is 76.5 cm³/mol. The first-order valence-corrected chi connectivity index (χ1v) is 7.74. The van der Waals surface area contributed by atoms with E-state index in [-0.39, 0.29) is 10.8 Å². The summed E-state index contributed by atoms with van der Waals surface area (Å²) in [6, 6.07) is 5.15. The molecule has 1 heterocycles. The minimum Gasteiger partial charge on any atom is -0.247 e. The van der Waals surface area contributed by atoms with Crippen LogP contribution >= 0.6 is 15.9 Å². The number of anilines is 1. The van der Waals surface area contributed by atoms with Crippen LogP contribution in [0, 0.1) is 13.8 Å². The highest BCUT2D eigenvalue weighted by atomic mass is 79.9. The fourth-order valence-corrected chi connectivity index (χ4v) is 3.03. The van der Waals surface area contributed by atoms with Crippen LogP contribution in [0.3, 0.4) is 0 Å². The van der Waals surface area contributed by atoms with Crippen molar-refractivity contribution in [2.75, 3.05) is 4.72 Å². The number of halogens is 1. The second-order valence-electron chi connectivity index (χ2n) is 4.10. The third-order valence-electron chi connectivity index (χ3n) is 2.47. The summed E-state index contributed by atoms with van der Waals surface area (Å²) in [6.45, 7) is 3.67. The minimum absolute atomic E-state index is 0.0446. The van der Waals surface area contributed by atoms with Crippen molar-refractivity contribution >= 4 is 31.9 Å². The number of aromatic nitrogens is 2. The van der Waals surface area contributed by atoms with Gasteiger partial charge in [-0.25, -0.2) is 23.1 Å². The van der Waals surface area contributed by atoms with Gasteiger partial charge in [0, 0.05) is 12.4 Å². The Kier molecular flexibility index (Phi) is 3.86. The first-order valence-electron chi connectivity index (χ1n) is 5.46. The Hall–Kier alpha value is -1.47. The number of aryl methyl sites for hydroxylation is 2. The van der Waals surface area contributed by atoms with Gasteiger partial charge in [-0.15, -0.1) is 0 Å². The number of hydrogen-bond donors (Lipinski definition) is 1. The van der Waals surface area contributed by atoms with Gasteiger partial charge in [-0.2, -0.15) is 0 Å². The van der Waals surface area contributed by atoms with Gasteiger partial charge in [0.1, 0.15) is 0 Å². The molecule has 19 heavy (non-hydrogen) atoms. The molecule has 1 N–H and O–H groups in total. The molecule has 0 atom stereocenters. The fourth-order valence-electron chi connectivity index (χ4n) is 1.64. The highest BCUT2D eigenvalue weighted by Crippen LogP contribution is 2.19. The number of nitrogens with one attached hydrogen (secondary N) is 1. The maximum atomic E-state index is 12.2. The van der Waals surface area contributed by atoms with Crippen molar-refractivity contribution in [3.8, 4) is 0 Å². The summed E-state index contributed by atoms with van der Waals surface area (Å²) >= 11 is 3.19. The standard InChI is InChI=1S/C12H12BrN3O2S/c1-8-3-4-11(9(2)5-8)19(17,18)16-12-14-6-10(13)7-15-12/h3-7H,1-2H3,(H,14,15,16). The zero-order valence-electron chi connectivity index (χ0n) is 10.4. The molecular weight excluding hydrogens is 330 g/mol. The van der Waals surface area contributed by atoms with Gasteiger partial charge in [-0.1, -0.05) is 17.7 Å². The summed E-state index contributed by atoms with van der Waals surface area (Å²) in [7, 11) is -3.66. The highest BCUT2D eigenvalue weighted by Gasteiger charge is 2.17. The van der Waals surface area contributed by atoms with E-state index in [0.717, 1.165) is 5.56 Å². The Balaban J connectivity index is 2.35. The van der Waals surface area contributed by atoms with Crippen molar-refractivity contribution in [2.24, 2.45) is 0 Å². The number of rotatable bonds is 3.